The first kappa shape index (κ1) is 14.6. The van der Waals surface area contributed by atoms with Gasteiger partial charge in [0.25, 0.3) is 5.91 Å². The van der Waals surface area contributed by atoms with E-state index in [0.29, 0.717) is 0 Å². The topological polar surface area (TPSA) is 53.0 Å². The Labute approximate surface area is 134 Å². The maximum Gasteiger partial charge on any atom is 0.263 e. The van der Waals surface area contributed by atoms with Crippen molar-refractivity contribution in [2.24, 2.45) is 0 Å². The van der Waals surface area contributed by atoms with E-state index >= 15 is 0 Å². The third-order valence-corrected chi connectivity index (χ3v) is 4.33. The molecule has 0 aliphatic carbocycles. The average molecular weight is 313 g/mol. The van der Waals surface area contributed by atoms with Crippen molar-refractivity contribution in [1.29, 1.82) is 0 Å². The van der Waals surface area contributed by atoms with Crippen LogP contribution in [0.3, 0.4) is 0 Å². The van der Waals surface area contributed by atoms with Crippen molar-refractivity contribution < 1.29 is 19.0 Å². The number of benzene rings is 1. The fourth-order valence-corrected chi connectivity index (χ4v) is 3.24. The van der Waals surface area contributed by atoms with Crippen LogP contribution >= 0.6 is 0 Å². The molecule has 23 heavy (non-hydrogen) atoms. The number of fused-ring (bicyclic) bond motifs is 1. The number of carbonyl (C=O) groups excluding carboxylic acids is 1. The summed E-state index contributed by atoms with van der Waals surface area (Å²) in [6, 6.07) is 9.70. The zero-order chi connectivity index (χ0) is 16.2. The number of aromatic nitrogens is 1. The number of carbonyl (C=O) groups is 1. The molecule has 0 spiro atoms. The van der Waals surface area contributed by atoms with Crippen LogP contribution in [0.4, 0.5) is 0 Å². The van der Waals surface area contributed by atoms with Gasteiger partial charge in [0.2, 0.25) is 0 Å². The van der Waals surface area contributed by atoms with Crippen LogP contribution in [-0.2, 0) is 14.2 Å². The van der Waals surface area contributed by atoms with Crippen LogP contribution in [0.1, 0.15) is 18.6 Å². The van der Waals surface area contributed by atoms with Crippen LogP contribution in [0.5, 0.6) is 0 Å². The molecule has 5 heteroatoms. The van der Waals surface area contributed by atoms with Gasteiger partial charge >= 0.3 is 0 Å². The van der Waals surface area contributed by atoms with Crippen molar-refractivity contribution in [1.82, 2.24) is 4.57 Å². The summed E-state index contributed by atoms with van der Waals surface area (Å²) in [5.41, 5.74) is 0.885. The van der Waals surface area contributed by atoms with Crippen molar-refractivity contribution >= 4 is 16.8 Å². The van der Waals surface area contributed by atoms with Gasteiger partial charge in [-0.05, 0) is 26.0 Å². The standard InChI is InChI=1S/C18H19NO4/c1-4-13-14(23-18(2,3)22-13)15-16(21-15)17(20)19-10-9-11-7-5-6-8-12(11)19/h4-10,13-16H,1H2,2-3H3/t13-,14+,15+,16-/m1/s1. The second-order valence-electron chi connectivity index (χ2n) is 6.40. The molecule has 0 saturated carbocycles. The fourth-order valence-electron chi connectivity index (χ4n) is 3.24. The van der Waals surface area contributed by atoms with Gasteiger partial charge in [0.1, 0.15) is 18.3 Å². The minimum Gasteiger partial charge on any atom is -0.356 e. The highest BCUT2D eigenvalue weighted by molar-refractivity contribution is 5.95. The summed E-state index contributed by atoms with van der Waals surface area (Å²) >= 11 is 0. The molecular weight excluding hydrogens is 294 g/mol. The quantitative estimate of drug-likeness (QED) is 0.646. The summed E-state index contributed by atoms with van der Waals surface area (Å²) in [5, 5.41) is 1.03. The predicted molar refractivity (Wildman–Crippen MR) is 85.2 cm³/mol. The first-order chi connectivity index (χ1) is 11.0. The molecule has 0 bridgehead atoms. The first-order valence-corrected chi connectivity index (χ1v) is 7.74. The maximum atomic E-state index is 12.7. The summed E-state index contributed by atoms with van der Waals surface area (Å²) in [6.45, 7) is 7.48. The van der Waals surface area contributed by atoms with Crippen molar-refractivity contribution in [2.45, 2.75) is 44.1 Å². The smallest absolute Gasteiger partial charge is 0.263 e. The molecule has 2 aromatic rings. The number of nitrogens with zero attached hydrogens (tertiary/aromatic N) is 1. The van der Waals surface area contributed by atoms with E-state index < -0.39 is 11.9 Å². The number of hydrogen-bond donors (Lipinski definition) is 0. The first-order valence-electron chi connectivity index (χ1n) is 7.74. The minimum atomic E-state index is -0.691. The van der Waals surface area contributed by atoms with Crippen LogP contribution in [-0.4, -0.2) is 40.7 Å². The van der Waals surface area contributed by atoms with E-state index in [4.69, 9.17) is 14.2 Å². The zero-order valence-corrected chi connectivity index (χ0v) is 13.1. The molecule has 2 saturated heterocycles. The van der Waals surface area contributed by atoms with E-state index in [-0.39, 0.29) is 24.2 Å². The van der Waals surface area contributed by atoms with Crippen LogP contribution in [0.25, 0.3) is 10.9 Å². The molecule has 3 heterocycles. The van der Waals surface area contributed by atoms with Gasteiger partial charge in [0.05, 0.1) is 5.52 Å². The lowest BCUT2D eigenvalue weighted by Crippen LogP contribution is -2.31. The third kappa shape index (κ3) is 2.41. The summed E-state index contributed by atoms with van der Waals surface area (Å²) in [7, 11) is 0. The Hall–Kier alpha value is -1.95. The molecule has 2 fully saturated rings. The molecule has 0 unspecified atom stereocenters. The van der Waals surface area contributed by atoms with Gasteiger partial charge < -0.3 is 14.2 Å². The maximum absolute atomic E-state index is 12.7. The van der Waals surface area contributed by atoms with Crippen molar-refractivity contribution in [2.75, 3.05) is 0 Å². The molecule has 1 aromatic heterocycles. The van der Waals surface area contributed by atoms with E-state index in [1.54, 1.807) is 16.8 Å². The van der Waals surface area contributed by atoms with E-state index in [0.717, 1.165) is 10.9 Å². The van der Waals surface area contributed by atoms with Crippen LogP contribution in [0.2, 0.25) is 0 Å². The Morgan fingerprint density at radius 2 is 2.00 bits per heavy atom. The van der Waals surface area contributed by atoms with Gasteiger partial charge in [-0.25, -0.2) is 0 Å². The van der Waals surface area contributed by atoms with E-state index in [1.807, 2.05) is 44.2 Å². The van der Waals surface area contributed by atoms with Gasteiger partial charge in [-0.3, -0.25) is 9.36 Å². The highest BCUT2D eigenvalue weighted by Crippen LogP contribution is 2.39. The summed E-state index contributed by atoms with van der Waals surface area (Å²) in [5.74, 6) is -0.768. The molecule has 0 N–H and O–H groups in total. The molecule has 2 aliphatic heterocycles. The Bertz CT molecular complexity index is 778. The largest absolute Gasteiger partial charge is 0.356 e. The number of hydrogen-bond acceptors (Lipinski definition) is 4. The average Bonchev–Trinajstić information content (AvgIpc) is 3.10. The Balaban J connectivity index is 1.55. The minimum absolute atomic E-state index is 0.0766. The van der Waals surface area contributed by atoms with Crippen LogP contribution in [0, 0.1) is 0 Å². The Morgan fingerprint density at radius 1 is 1.22 bits per heavy atom. The number of rotatable bonds is 3. The highest BCUT2D eigenvalue weighted by Gasteiger charge is 2.57. The zero-order valence-electron chi connectivity index (χ0n) is 13.1. The second-order valence-corrected chi connectivity index (χ2v) is 6.40. The Kier molecular flexibility index (Phi) is 3.20. The number of ether oxygens (including phenoxy) is 3. The normalized spacial score (nSPS) is 32.1. The molecule has 120 valence electrons. The molecule has 2 aliphatic rings. The molecule has 1 aromatic carbocycles. The third-order valence-electron chi connectivity index (χ3n) is 4.33. The lowest BCUT2D eigenvalue weighted by molar-refractivity contribution is -0.144. The monoisotopic (exact) mass is 313 g/mol. The van der Waals surface area contributed by atoms with E-state index in [9.17, 15) is 4.79 Å². The van der Waals surface area contributed by atoms with Crippen molar-refractivity contribution in [3.63, 3.8) is 0 Å². The summed E-state index contributed by atoms with van der Waals surface area (Å²) in [6.07, 6.45) is 2.11. The number of para-hydroxylation sites is 1. The van der Waals surface area contributed by atoms with Gasteiger partial charge in [-0.1, -0.05) is 24.3 Å². The van der Waals surface area contributed by atoms with Gasteiger partial charge in [-0.2, -0.15) is 0 Å². The van der Waals surface area contributed by atoms with Crippen LogP contribution < -0.4 is 0 Å². The second kappa shape index (κ2) is 5.03. The lowest BCUT2D eigenvalue weighted by atomic mass is 10.1. The van der Waals surface area contributed by atoms with E-state index in [2.05, 4.69) is 6.58 Å². The van der Waals surface area contributed by atoms with Crippen molar-refractivity contribution in [3.05, 3.63) is 49.2 Å². The van der Waals surface area contributed by atoms with Crippen molar-refractivity contribution in [3.8, 4) is 0 Å². The molecular formula is C18H19NO4. The molecule has 4 atom stereocenters. The summed E-state index contributed by atoms with van der Waals surface area (Å²) < 4.78 is 18.9. The number of epoxide rings is 1. The molecule has 0 amide bonds. The summed E-state index contributed by atoms with van der Waals surface area (Å²) in [4.78, 5) is 12.7. The molecule has 0 radical (unpaired) electrons. The van der Waals surface area contributed by atoms with E-state index in [1.165, 1.54) is 0 Å². The fraction of sp³-hybridized carbons (Fsp3) is 0.389. The van der Waals surface area contributed by atoms with Gasteiger partial charge in [0.15, 0.2) is 11.9 Å². The molecule has 4 rings (SSSR count). The highest BCUT2D eigenvalue weighted by atomic mass is 16.8. The van der Waals surface area contributed by atoms with Gasteiger partial charge in [-0.15, -0.1) is 6.58 Å². The van der Waals surface area contributed by atoms with Gasteiger partial charge in [0, 0.05) is 11.6 Å². The lowest BCUT2D eigenvalue weighted by Gasteiger charge is -2.16. The predicted octanol–water partition coefficient (Wildman–Crippen LogP) is 2.76. The molecule has 5 nitrogen and oxygen atoms in total. The Morgan fingerprint density at radius 3 is 2.78 bits per heavy atom. The van der Waals surface area contributed by atoms with Crippen LogP contribution in [0.15, 0.2) is 49.2 Å². The SMILES string of the molecule is C=C[C@H]1OC(C)(C)O[C@@H]1[C@@H]1O[C@H]1C(=O)n1ccc2ccccc21.